The maximum absolute atomic E-state index is 11.4. The Bertz CT molecular complexity index is 337. The van der Waals surface area contributed by atoms with E-state index in [2.05, 4.69) is 10.3 Å². The molecule has 1 rings (SSSR count). The molecule has 1 heterocycles. The fraction of sp³-hybridized carbons (Fsp3) is 0.455. The number of rotatable bonds is 5. The summed E-state index contributed by atoms with van der Waals surface area (Å²) in [4.78, 5) is 14.4. The highest BCUT2D eigenvalue weighted by atomic mass is 16.1. The minimum atomic E-state index is -0.520. The van der Waals surface area contributed by atoms with Crippen molar-refractivity contribution in [2.45, 2.75) is 19.8 Å². The summed E-state index contributed by atoms with van der Waals surface area (Å²) in [5.74, 6) is -0.694. The van der Waals surface area contributed by atoms with Crippen LogP contribution in [0.3, 0.4) is 0 Å². The smallest absolute Gasteiger partial charge is 0.237 e. The van der Waals surface area contributed by atoms with Crippen LogP contribution in [0.1, 0.15) is 19.0 Å². The SMILES string of the molecule is CCC(C#N)C(=O)NCCc1ccc[nH]1. The third-order valence-electron chi connectivity index (χ3n) is 2.24. The summed E-state index contributed by atoms with van der Waals surface area (Å²) in [6, 6.07) is 5.86. The number of nitrogens with zero attached hydrogens (tertiary/aromatic N) is 1. The maximum atomic E-state index is 11.4. The van der Waals surface area contributed by atoms with Crippen molar-refractivity contribution in [2.24, 2.45) is 5.92 Å². The van der Waals surface area contributed by atoms with Gasteiger partial charge in [-0.05, 0) is 18.6 Å². The van der Waals surface area contributed by atoms with Crippen LogP contribution in [0.25, 0.3) is 0 Å². The summed E-state index contributed by atoms with van der Waals surface area (Å²) in [5.41, 5.74) is 1.08. The van der Waals surface area contributed by atoms with Gasteiger partial charge in [-0.15, -0.1) is 0 Å². The summed E-state index contributed by atoms with van der Waals surface area (Å²) in [6.45, 7) is 2.40. The van der Waals surface area contributed by atoms with Gasteiger partial charge in [0.15, 0.2) is 0 Å². The zero-order chi connectivity index (χ0) is 11.1. The van der Waals surface area contributed by atoms with Gasteiger partial charge in [-0.3, -0.25) is 4.79 Å². The van der Waals surface area contributed by atoms with Crippen molar-refractivity contribution in [3.8, 4) is 6.07 Å². The van der Waals surface area contributed by atoms with Gasteiger partial charge in [0.05, 0.1) is 6.07 Å². The van der Waals surface area contributed by atoms with Crippen LogP contribution in [-0.4, -0.2) is 17.4 Å². The van der Waals surface area contributed by atoms with E-state index in [9.17, 15) is 4.79 Å². The molecule has 0 fully saturated rings. The molecule has 0 aliphatic heterocycles. The number of carbonyl (C=O) groups excluding carboxylic acids is 1. The number of hydrogen-bond acceptors (Lipinski definition) is 2. The first kappa shape index (κ1) is 11.3. The van der Waals surface area contributed by atoms with E-state index in [1.54, 1.807) is 0 Å². The highest BCUT2D eigenvalue weighted by Gasteiger charge is 2.14. The summed E-state index contributed by atoms with van der Waals surface area (Å²) in [5, 5.41) is 11.4. The van der Waals surface area contributed by atoms with Crippen molar-refractivity contribution in [3.05, 3.63) is 24.0 Å². The Hall–Kier alpha value is -1.76. The molecule has 80 valence electrons. The van der Waals surface area contributed by atoms with Crippen molar-refractivity contribution in [1.29, 1.82) is 5.26 Å². The lowest BCUT2D eigenvalue weighted by Gasteiger charge is -2.07. The molecule has 0 saturated heterocycles. The Balaban J connectivity index is 2.26. The molecular weight excluding hydrogens is 190 g/mol. The van der Waals surface area contributed by atoms with Crippen LogP contribution in [0.2, 0.25) is 0 Å². The predicted octanol–water partition coefficient (Wildman–Crippen LogP) is 1.22. The largest absolute Gasteiger partial charge is 0.365 e. The Morgan fingerprint density at radius 1 is 1.73 bits per heavy atom. The number of carbonyl (C=O) groups is 1. The molecule has 0 aliphatic carbocycles. The molecular formula is C11H15N3O. The van der Waals surface area contributed by atoms with Gasteiger partial charge in [0, 0.05) is 24.9 Å². The Morgan fingerprint density at radius 2 is 2.53 bits per heavy atom. The highest BCUT2D eigenvalue weighted by molar-refractivity contribution is 5.80. The Labute approximate surface area is 89.3 Å². The molecule has 1 amide bonds. The van der Waals surface area contributed by atoms with E-state index in [0.29, 0.717) is 13.0 Å². The van der Waals surface area contributed by atoms with Crippen LogP contribution in [0.5, 0.6) is 0 Å². The minimum absolute atomic E-state index is 0.174. The van der Waals surface area contributed by atoms with E-state index in [0.717, 1.165) is 12.1 Å². The van der Waals surface area contributed by atoms with Gasteiger partial charge in [0.25, 0.3) is 0 Å². The lowest BCUT2D eigenvalue weighted by atomic mass is 10.1. The van der Waals surface area contributed by atoms with Gasteiger partial charge >= 0.3 is 0 Å². The molecule has 15 heavy (non-hydrogen) atoms. The topological polar surface area (TPSA) is 68.7 Å². The van der Waals surface area contributed by atoms with Gasteiger partial charge in [-0.2, -0.15) is 5.26 Å². The van der Waals surface area contributed by atoms with Crippen LogP contribution >= 0.6 is 0 Å². The Kier molecular flexibility index (Phi) is 4.42. The molecule has 0 radical (unpaired) electrons. The Morgan fingerprint density at radius 3 is 3.07 bits per heavy atom. The fourth-order valence-electron chi connectivity index (χ4n) is 1.30. The third-order valence-corrected chi connectivity index (χ3v) is 2.24. The van der Waals surface area contributed by atoms with E-state index < -0.39 is 5.92 Å². The fourth-order valence-corrected chi connectivity index (χ4v) is 1.30. The lowest BCUT2D eigenvalue weighted by Crippen LogP contribution is -2.31. The quantitative estimate of drug-likeness (QED) is 0.759. The molecule has 4 nitrogen and oxygen atoms in total. The molecule has 0 spiro atoms. The molecule has 0 bridgehead atoms. The van der Waals surface area contributed by atoms with E-state index in [-0.39, 0.29) is 5.91 Å². The average molecular weight is 205 g/mol. The summed E-state index contributed by atoms with van der Waals surface area (Å²) >= 11 is 0. The zero-order valence-electron chi connectivity index (χ0n) is 8.79. The zero-order valence-corrected chi connectivity index (χ0v) is 8.79. The van der Waals surface area contributed by atoms with Crippen molar-refractivity contribution in [1.82, 2.24) is 10.3 Å². The van der Waals surface area contributed by atoms with Crippen LogP contribution < -0.4 is 5.32 Å². The van der Waals surface area contributed by atoms with Crippen LogP contribution in [-0.2, 0) is 11.2 Å². The molecule has 1 aromatic rings. The van der Waals surface area contributed by atoms with Crippen molar-refractivity contribution < 1.29 is 4.79 Å². The number of nitrogens with one attached hydrogen (secondary N) is 2. The summed E-state index contributed by atoms with van der Waals surface area (Å²) in [6.07, 6.45) is 3.17. The maximum Gasteiger partial charge on any atom is 0.237 e. The second-order valence-corrected chi connectivity index (χ2v) is 3.33. The standard InChI is InChI=1S/C11H15N3O/c1-2-9(8-12)11(15)14-7-5-10-4-3-6-13-10/h3-4,6,9,13H,2,5,7H2,1H3,(H,14,15). The van der Waals surface area contributed by atoms with Gasteiger partial charge in [0.2, 0.25) is 5.91 Å². The minimum Gasteiger partial charge on any atom is -0.365 e. The van der Waals surface area contributed by atoms with E-state index >= 15 is 0 Å². The number of nitriles is 1. The van der Waals surface area contributed by atoms with Crippen molar-refractivity contribution in [3.63, 3.8) is 0 Å². The van der Waals surface area contributed by atoms with Crippen LogP contribution in [0, 0.1) is 17.2 Å². The monoisotopic (exact) mass is 205 g/mol. The van der Waals surface area contributed by atoms with Crippen molar-refractivity contribution in [2.75, 3.05) is 6.54 Å². The number of aromatic amines is 1. The molecule has 1 atom stereocenters. The molecule has 0 aromatic carbocycles. The number of aromatic nitrogens is 1. The molecule has 0 aliphatic rings. The summed E-state index contributed by atoms with van der Waals surface area (Å²) in [7, 11) is 0. The van der Waals surface area contributed by atoms with E-state index in [1.807, 2.05) is 31.3 Å². The van der Waals surface area contributed by atoms with Crippen molar-refractivity contribution >= 4 is 5.91 Å². The van der Waals surface area contributed by atoms with E-state index in [4.69, 9.17) is 5.26 Å². The molecule has 1 unspecified atom stereocenters. The second-order valence-electron chi connectivity index (χ2n) is 3.33. The van der Waals surface area contributed by atoms with Crippen LogP contribution in [0.4, 0.5) is 0 Å². The third kappa shape index (κ3) is 3.47. The second kappa shape index (κ2) is 5.86. The highest BCUT2D eigenvalue weighted by Crippen LogP contribution is 2.00. The van der Waals surface area contributed by atoms with Gasteiger partial charge in [-0.25, -0.2) is 0 Å². The predicted molar refractivity (Wildman–Crippen MR) is 56.9 cm³/mol. The van der Waals surface area contributed by atoms with Gasteiger partial charge in [0.1, 0.15) is 5.92 Å². The lowest BCUT2D eigenvalue weighted by molar-refractivity contribution is -0.123. The van der Waals surface area contributed by atoms with Gasteiger partial charge < -0.3 is 10.3 Å². The first-order valence-corrected chi connectivity index (χ1v) is 5.07. The molecule has 2 N–H and O–H groups in total. The number of H-pyrrole nitrogens is 1. The molecule has 4 heteroatoms. The van der Waals surface area contributed by atoms with Gasteiger partial charge in [-0.1, -0.05) is 6.92 Å². The number of hydrogen-bond donors (Lipinski definition) is 2. The molecule has 1 aromatic heterocycles. The number of amides is 1. The first-order valence-electron chi connectivity index (χ1n) is 5.07. The summed E-state index contributed by atoms with van der Waals surface area (Å²) < 4.78 is 0. The first-order chi connectivity index (χ1) is 7.27. The normalized spacial score (nSPS) is 11.7. The average Bonchev–Trinajstić information content (AvgIpc) is 2.72. The van der Waals surface area contributed by atoms with Crippen LogP contribution in [0.15, 0.2) is 18.3 Å². The molecule has 0 saturated carbocycles. The van der Waals surface area contributed by atoms with E-state index in [1.165, 1.54) is 0 Å².